The fraction of sp³-hybridized carbons (Fsp3) is 0.417. The largest absolute Gasteiger partial charge is 0.366 e. The SMILES string of the molecule is O=C(Nc1cc2cc(-c3cncc(NC4CCNCC4)n3)ccc2cn1)C1CCCC1. The minimum absolute atomic E-state index is 0.0862. The summed E-state index contributed by atoms with van der Waals surface area (Å²) < 4.78 is 0. The number of pyridine rings is 1. The Labute approximate surface area is 182 Å². The van der Waals surface area contributed by atoms with Crippen molar-refractivity contribution in [2.24, 2.45) is 5.92 Å². The lowest BCUT2D eigenvalue weighted by atomic mass is 10.1. The zero-order valence-corrected chi connectivity index (χ0v) is 17.6. The number of fused-ring (bicyclic) bond motifs is 1. The molecule has 1 aliphatic carbocycles. The number of piperidine rings is 1. The zero-order chi connectivity index (χ0) is 21.0. The normalized spacial score (nSPS) is 17.7. The number of nitrogens with one attached hydrogen (secondary N) is 3. The molecule has 5 rings (SSSR count). The van der Waals surface area contributed by atoms with Crippen molar-refractivity contribution in [3.05, 3.63) is 42.9 Å². The summed E-state index contributed by atoms with van der Waals surface area (Å²) in [6.45, 7) is 2.06. The van der Waals surface area contributed by atoms with Crippen LogP contribution in [0.3, 0.4) is 0 Å². The maximum atomic E-state index is 12.5. The molecule has 0 bridgehead atoms. The summed E-state index contributed by atoms with van der Waals surface area (Å²) in [6.07, 6.45) is 11.8. The highest BCUT2D eigenvalue weighted by molar-refractivity contribution is 5.95. The fourth-order valence-electron chi connectivity index (χ4n) is 4.53. The summed E-state index contributed by atoms with van der Waals surface area (Å²) in [5.74, 6) is 1.62. The van der Waals surface area contributed by atoms with Gasteiger partial charge in [-0.15, -0.1) is 0 Å². The number of rotatable bonds is 5. The smallest absolute Gasteiger partial charge is 0.228 e. The Morgan fingerprint density at radius 3 is 2.61 bits per heavy atom. The van der Waals surface area contributed by atoms with E-state index in [0.717, 1.165) is 79.5 Å². The van der Waals surface area contributed by atoms with Gasteiger partial charge in [0.1, 0.15) is 11.6 Å². The maximum absolute atomic E-state index is 12.5. The van der Waals surface area contributed by atoms with Gasteiger partial charge in [-0.05, 0) is 56.3 Å². The fourth-order valence-corrected chi connectivity index (χ4v) is 4.53. The van der Waals surface area contributed by atoms with Crippen molar-refractivity contribution in [1.82, 2.24) is 20.3 Å². The molecule has 160 valence electrons. The average molecular weight is 417 g/mol. The van der Waals surface area contributed by atoms with E-state index in [9.17, 15) is 4.79 Å². The van der Waals surface area contributed by atoms with Crippen molar-refractivity contribution >= 4 is 28.3 Å². The molecule has 2 aliphatic rings. The van der Waals surface area contributed by atoms with Crippen LogP contribution in [0, 0.1) is 5.92 Å². The molecule has 0 atom stereocenters. The predicted octanol–water partition coefficient (Wildman–Crippen LogP) is 3.98. The third kappa shape index (κ3) is 4.66. The number of carbonyl (C=O) groups excluding carboxylic acids is 1. The van der Waals surface area contributed by atoms with Crippen LogP contribution in [0.2, 0.25) is 0 Å². The lowest BCUT2D eigenvalue weighted by Crippen LogP contribution is -2.35. The van der Waals surface area contributed by atoms with E-state index in [2.05, 4.69) is 32.0 Å². The van der Waals surface area contributed by atoms with Crippen molar-refractivity contribution in [3.8, 4) is 11.3 Å². The first-order chi connectivity index (χ1) is 15.2. The van der Waals surface area contributed by atoms with E-state index in [1.807, 2.05) is 24.4 Å². The van der Waals surface area contributed by atoms with E-state index in [-0.39, 0.29) is 11.8 Å². The third-order valence-electron chi connectivity index (χ3n) is 6.32. The van der Waals surface area contributed by atoms with Crippen molar-refractivity contribution in [2.75, 3.05) is 23.7 Å². The lowest BCUT2D eigenvalue weighted by Gasteiger charge is -2.24. The van der Waals surface area contributed by atoms with E-state index in [1.54, 1.807) is 12.4 Å². The molecular weight excluding hydrogens is 388 g/mol. The van der Waals surface area contributed by atoms with Gasteiger partial charge in [0.25, 0.3) is 0 Å². The van der Waals surface area contributed by atoms with Crippen LogP contribution < -0.4 is 16.0 Å². The summed E-state index contributed by atoms with van der Waals surface area (Å²) in [5, 5.41) is 11.9. The Balaban J connectivity index is 1.36. The minimum Gasteiger partial charge on any atom is -0.366 e. The monoisotopic (exact) mass is 416 g/mol. The van der Waals surface area contributed by atoms with Gasteiger partial charge < -0.3 is 16.0 Å². The van der Waals surface area contributed by atoms with Gasteiger partial charge in [0.2, 0.25) is 5.91 Å². The van der Waals surface area contributed by atoms with Gasteiger partial charge in [-0.2, -0.15) is 0 Å². The summed E-state index contributed by atoms with van der Waals surface area (Å²) in [5.41, 5.74) is 1.82. The molecule has 0 radical (unpaired) electrons. The van der Waals surface area contributed by atoms with Gasteiger partial charge in [-0.25, -0.2) is 9.97 Å². The van der Waals surface area contributed by atoms with Crippen LogP contribution in [0.5, 0.6) is 0 Å². The van der Waals surface area contributed by atoms with Crippen LogP contribution in [0.15, 0.2) is 42.9 Å². The third-order valence-corrected chi connectivity index (χ3v) is 6.32. The number of aromatic nitrogens is 3. The van der Waals surface area contributed by atoms with Crippen molar-refractivity contribution in [1.29, 1.82) is 0 Å². The summed E-state index contributed by atoms with van der Waals surface area (Å²) in [7, 11) is 0. The summed E-state index contributed by atoms with van der Waals surface area (Å²) >= 11 is 0. The Kier molecular flexibility index (Phi) is 5.76. The molecule has 3 N–H and O–H groups in total. The Morgan fingerprint density at radius 1 is 0.935 bits per heavy atom. The van der Waals surface area contributed by atoms with Gasteiger partial charge in [0.05, 0.1) is 18.1 Å². The van der Waals surface area contributed by atoms with Crippen molar-refractivity contribution < 1.29 is 4.79 Å². The molecule has 1 aromatic carbocycles. The van der Waals surface area contributed by atoms with Gasteiger partial charge in [-0.3, -0.25) is 9.78 Å². The average Bonchev–Trinajstić information content (AvgIpc) is 3.35. The second-order valence-corrected chi connectivity index (χ2v) is 8.56. The van der Waals surface area contributed by atoms with Crippen molar-refractivity contribution in [3.63, 3.8) is 0 Å². The first kappa shape index (κ1) is 19.9. The quantitative estimate of drug-likeness (QED) is 0.583. The second kappa shape index (κ2) is 8.98. The molecule has 1 saturated carbocycles. The molecule has 2 aromatic heterocycles. The van der Waals surface area contributed by atoms with E-state index >= 15 is 0 Å². The molecule has 7 nitrogen and oxygen atoms in total. The van der Waals surface area contributed by atoms with Gasteiger partial charge in [0.15, 0.2) is 0 Å². The summed E-state index contributed by atoms with van der Waals surface area (Å²) in [4.78, 5) is 26.1. The van der Waals surface area contributed by atoms with Crippen LogP contribution in [0.4, 0.5) is 11.6 Å². The zero-order valence-electron chi connectivity index (χ0n) is 17.6. The lowest BCUT2D eigenvalue weighted by molar-refractivity contribution is -0.119. The maximum Gasteiger partial charge on any atom is 0.228 e. The minimum atomic E-state index is 0.0862. The van der Waals surface area contributed by atoms with Gasteiger partial charge >= 0.3 is 0 Å². The van der Waals surface area contributed by atoms with E-state index in [1.165, 1.54) is 0 Å². The molecule has 31 heavy (non-hydrogen) atoms. The molecule has 0 spiro atoms. The number of carbonyl (C=O) groups is 1. The Morgan fingerprint density at radius 2 is 1.77 bits per heavy atom. The Bertz CT molecular complexity index is 1070. The topological polar surface area (TPSA) is 91.8 Å². The second-order valence-electron chi connectivity index (χ2n) is 8.56. The number of nitrogens with zero attached hydrogens (tertiary/aromatic N) is 3. The van der Waals surface area contributed by atoms with Crippen molar-refractivity contribution in [2.45, 2.75) is 44.6 Å². The van der Waals surface area contributed by atoms with E-state index in [0.29, 0.717) is 11.9 Å². The van der Waals surface area contributed by atoms with Gasteiger partial charge in [-0.1, -0.05) is 25.0 Å². The van der Waals surface area contributed by atoms with Crippen LogP contribution in [-0.4, -0.2) is 40.0 Å². The molecule has 1 saturated heterocycles. The Hall–Kier alpha value is -3.06. The van der Waals surface area contributed by atoms with Crippen LogP contribution in [0.25, 0.3) is 22.0 Å². The van der Waals surface area contributed by atoms with E-state index in [4.69, 9.17) is 4.98 Å². The number of benzene rings is 1. The molecule has 7 heteroatoms. The highest BCUT2D eigenvalue weighted by Crippen LogP contribution is 2.28. The first-order valence-electron chi connectivity index (χ1n) is 11.2. The number of amides is 1. The predicted molar refractivity (Wildman–Crippen MR) is 123 cm³/mol. The molecule has 1 aliphatic heterocycles. The first-order valence-corrected chi connectivity index (χ1v) is 11.2. The molecular formula is C24H28N6O. The van der Waals surface area contributed by atoms with Crippen LogP contribution >= 0.6 is 0 Å². The van der Waals surface area contributed by atoms with Gasteiger partial charge in [0, 0.05) is 29.1 Å². The molecule has 2 fully saturated rings. The molecule has 1 amide bonds. The number of hydrogen-bond donors (Lipinski definition) is 3. The highest BCUT2D eigenvalue weighted by atomic mass is 16.1. The number of hydrogen-bond acceptors (Lipinski definition) is 6. The molecule has 3 aromatic rings. The van der Waals surface area contributed by atoms with E-state index < -0.39 is 0 Å². The van der Waals surface area contributed by atoms with Crippen LogP contribution in [-0.2, 0) is 4.79 Å². The highest BCUT2D eigenvalue weighted by Gasteiger charge is 2.23. The standard InChI is InChI=1S/C24H28N6O/c31-24(16-3-1-2-4-16)30-22-12-19-11-17(5-6-18(19)13-27-22)21-14-26-15-23(29-21)28-20-7-9-25-10-8-20/h5-6,11-16,20,25H,1-4,7-10H2,(H,28,29)(H,27,30,31). The summed E-state index contributed by atoms with van der Waals surface area (Å²) in [6, 6.07) is 8.53. The molecule has 3 heterocycles. The number of anilines is 2. The van der Waals surface area contributed by atoms with Crippen LogP contribution in [0.1, 0.15) is 38.5 Å². The molecule has 0 unspecified atom stereocenters.